The quantitative estimate of drug-likeness (QED) is 0.868. The number of hydrogen-bond acceptors (Lipinski definition) is 4. The first kappa shape index (κ1) is 15.0. The van der Waals surface area contributed by atoms with Gasteiger partial charge in [0.05, 0.1) is 18.8 Å². The van der Waals surface area contributed by atoms with Crippen LogP contribution in [0.4, 0.5) is 0 Å². The smallest absolute Gasteiger partial charge is 0.0897 e. The first-order valence-corrected chi connectivity index (χ1v) is 8.25. The SMILES string of the molecule is CCCN1CCOC(C(NCC)c2ccsc2C)C1. The van der Waals surface area contributed by atoms with E-state index >= 15 is 0 Å². The minimum atomic E-state index is 0.272. The highest BCUT2D eigenvalue weighted by Gasteiger charge is 2.29. The highest BCUT2D eigenvalue weighted by Crippen LogP contribution is 2.28. The van der Waals surface area contributed by atoms with Gasteiger partial charge in [-0.25, -0.2) is 0 Å². The molecule has 0 saturated carbocycles. The van der Waals surface area contributed by atoms with Gasteiger partial charge in [-0.3, -0.25) is 4.90 Å². The zero-order chi connectivity index (χ0) is 13.7. The third kappa shape index (κ3) is 3.78. The van der Waals surface area contributed by atoms with Crippen LogP contribution < -0.4 is 5.32 Å². The van der Waals surface area contributed by atoms with E-state index in [1.165, 1.54) is 23.4 Å². The normalized spacial score (nSPS) is 22.6. The summed E-state index contributed by atoms with van der Waals surface area (Å²) in [6, 6.07) is 2.58. The van der Waals surface area contributed by atoms with Crippen LogP contribution in [0.15, 0.2) is 11.4 Å². The van der Waals surface area contributed by atoms with Crippen molar-refractivity contribution in [2.45, 2.75) is 39.3 Å². The molecule has 0 amide bonds. The summed E-state index contributed by atoms with van der Waals surface area (Å²) < 4.78 is 6.05. The summed E-state index contributed by atoms with van der Waals surface area (Å²) in [5, 5.41) is 5.80. The number of nitrogens with one attached hydrogen (secondary N) is 1. The zero-order valence-electron chi connectivity index (χ0n) is 12.3. The monoisotopic (exact) mass is 282 g/mol. The van der Waals surface area contributed by atoms with Crippen LogP contribution in [0, 0.1) is 6.92 Å². The summed E-state index contributed by atoms with van der Waals surface area (Å²) in [7, 11) is 0. The maximum atomic E-state index is 6.05. The van der Waals surface area contributed by atoms with E-state index in [9.17, 15) is 0 Å². The predicted octanol–water partition coefficient (Wildman–Crippen LogP) is 2.82. The van der Waals surface area contributed by atoms with E-state index in [0.29, 0.717) is 6.04 Å². The van der Waals surface area contributed by atoms with Crippen molar-refractivity contribution >= 4 is 11.3 Å². The number of ether oxygens (including phenoxy) is 1. The lowest BCUT2D eigenvalue weighted by atomic mass is 10.0. The molecule has 0 spiro atoms. The molecule has 1 aliphatic heterocycles. The van der Waals surface area contributed by atoms with E-state index in [1.54, 1.807) is 0 Å². The molecule has 19 heavy (non-hydrogen) atoms. The summed E-state index contributed by atoms with van der Waals surface area (Å²) in [5.41, 5.74) is 1.41. The highest BCUT2D eigenvalue weighted by atomic mass is 32.1. The first-order chi connectivity index (χ1) is 9.26. The third-order valence-corrected chi connectivity index (χ3v) is 4.61. The molecular weight excluding hydrogens is 256 g/mol. The number of hydrogen-bond donors (Lipinski definition) is 1. The van der Waals surface area contributed by atoms with Crippen molar-refractivity contribution < 1.29 is 4.74 Å². The molecule has 1 N–H and O–H groups in total. The molecule has 0 radical (unpaired) electrons. The molecule has 1 aromatic rings. The zero-order valence-corrected chi connectivity index (χ0v) is 13.1. The van der Waals surface area contributed by atoms with E-state index in [2.05, 4.69) is 42.4 Å². The summed E-state index contributed by atoms with van der Waals surface area (Å²) >= 11 is 1.82. The summed E-state index contributed by atoms with van der Waals surface area (Å²) in [6.07, 6.45) is 1.49. The summed E-state index contributed by atoms with van der Waals surface area (Å²) in [4.78, 5) is 3.93. The minimum absolute atomic E-state index is 0.272. The fraction of sp³-hybridized carbons (Fsp3) is 0.733. The van der Waals surface area contributed by atoms with Gasteiger partial charge in [0, 0.05) is 18.0 Å². The molecule has 1 aliphatic rings. The molecule has 4 heteroatoms. The molecule has 2 unspecified atom stereocenters. The van der Waals surface area contributed by atoms with Crippen molar-refractivity contribution in [1.82, 2.24) is 10.2 Å². The van der Waals surface area contributed by atoms with Crippen molar-refractivity contribution in [2.75, 3.05) is 32.8 Å². The van der Waals surface area contributed by atoms with Crippen LogP contribution in [-0.4, -0.2) is 43.8 Å². The standard InChI is InChI=1S/C15H26N2OS/c1-4-7-17-8-9-18-14(11-17)15(16-5-2)13-6-10-19-12(13)3/h6,10,14-16H,4-5,7-9,11H2,1-3H3. The second kappa shape index (κ2) is 7.39. The number of nitrogens with zero attached hydrogens (tertiary/aromatic N) is 1. The lowest BCUT2D eigenvalue weighted by molar-refractivity contribution is -0.0468. The molecule has 2 heterocycles. The van der Waals surface area contributed by atoms with Gasteiger partial charge in [0.15, 0.2) is 0 Å². The third-order valence-electron chi connectivity index (χ3n) is 3.75. The Morgan fingerprint density at radius 2 is 2.37 bits per heavy atom. The lowest BCUT2D eigenvalue weighted by Gasteiger charge is -2.37. The van der Waals surface area contributed by atoms with E-state index in [4.69, 9.17) is 4.74 Å². The van der Waals surface area contributed by atoms with Crippen molar-refractivity contribution in [3.05, 3.63) is 21.9 Å². The van der Waals surface area contributed by atoms with Crippen molar-refractivity contribution in [1.29, 1.82) is 0 Å². The Balaban J connectivity index is 2.08. The molecule has 0 aliphatic carbocycles. The predicted molar refractivity (Wildman–Crippen MR) is 81.9 cm³/mol. The van der Waals surface area contributed by atoms with E-state index < -0.39 is 0 Å². The van der Waals surface area contributed by atoms with Gasteiger partial charge < -0.3 is 10.1 Å². The van der Waals surface area contributed by atoms with Crippen molar-refractivity contribution in [2.24, 2.45) is 0 Å². The minimum Gasteiger partial charge on any atom is -0.374 e. The summed E-state index contributed by atoms with van der Waals surface area (Å²) in [5.74, 6) is 0. The van der Waals surface area contributed by atoms with Gasteiger partial charge in [0.1, 0.15) is 0 Å². The Labute approximate surface area is 121 Å². The van der Waals surface area contributed by atoms with Crippen LogP contribution in [0.25, 0.3) is 0 Å². The Morgan fingerprint density at radius 1 is 1.53 bits per heavy atom. The van der Waals surface area contributed by atoms with Gasteiger partial charge in [-0.15, -0.1) is 11.3 Å². The Kier molecular flexibility index (Phi) is 5.82. The molecule has 1 saturated heterocycles. The molecule has 1 aromatic heterocycles. The molecule has 3 nitrogen and oxygen atoms in total. The molecule has 1 fully saturated rings. The average Bonchev–Trinajstić information content (AvgIpc) is 2.83. The molecule has 2 atom stereocenters. The second-order valence-electron chi connectivity index (χ2n) is 5.18. The van der Waals surface area contributed by atoms with Crippen LogP contribution in [0.1, 0.15) is 36.8 Å². The van der Waals surface area contributed by atoms with E-state index in [1.807, 2.05) is 11.3 Å². The van der Waals surface area contributed by atoms with Gasteiger partial charge in [0.25, 0.3) is 0 Å². The molecule has 0 aromatic carbocycles. The average molecular weight is 282 g/mol. The van der Waals surface area contributed by atoms with Crippen LogP contribution in [0.5, 0.6) is 0 Å². The molecule has 108 valence electrons. The van der Waals surface area contributed by atoms with E-state index in [0.717, 1.165) is 26.2 Å². The first-order valence-electron chi connectivity index (χ1n) is 7.37. The Hall–Kier alpha value is -0.420. The largest absolute Gasteiger partial charge is 0.374 e. The second-order valence-corrected chi connectivity index (χ2v) is 6.30. The van der Waals surface area contributed by atoms with Crippen LogP contribution >= 0.6 is 11.3 Å². The number of likely N-dealkylation sites (N-methyl/N-ethyl adjacent to an activating group) is 1. The van der Waals surface area contributed by atoms with Crippen molar-refractivity contribution in [3.63, 3.8) is 0 Å². The van der Waals surface area contributed by atoms with Crippen LogP contribution in [0.2, 0.25) is 0 Å². The maximum absolute atomic E-state index is 6.05. The maximum Gasteiger partial charge on any atom is 0.0897 e. The number of rotatable bonds is 6. The fourth-order valence-corrected chi connectivity index (χ4v) is 3.58. The van der Waals surface area contributed by atoms with E-state index in [-0.39, 0.29) is 6.10 Å². The van der Waals surface area contributed by atoms with Crippen molar-refractivity contribution in [3.8, 4) is 0 Å². The van der Waals surface area contributed by atoms with Crippen LogP contribution in [0.3, 0.4) is 0 Å². The fourth-order valence-electron chi connectivity index (χ4n) is 2.83. The Bertz CT molecular complexity index is 378. The Morgan fingerprint density at radius 3 is 3.00 bits per heavy atom. The van der Waals surface area contributed by atoms with Gasteiger partial charge >= 0.3 is 0 Å². The number of morpholine rings is 1. The summed E-state index contributed by atoms with van der Waals surface area (Å²) in [6.45, 7) is 11.8. The molecular formula is C15H26N2OS. The molecule has 2 rings (SSSR count). The van der Waals surface area contributed by atoms with Gasteiger partial charge in [-0.05, 0) is 43.4 Å². The van der Waals surface area contributed by atoms with Gasteiger partial charge in [0.2, 0.25) is 0 Å². The van der Waals surface area contributed by atoms with Gasteiger partial charge in [-0.2, -0.15) is 0 Å². The molecule has 0 bridgehead atoms. The lowest BCUT2D eigenvalue weighted by Crippen LogP contribution is -2.48. The number of aryl methyl sites for hydroxylation is 1. The van der Waals surface area contributed by atoms with Crippen LogP contribution in [-0.2, 0) is 4.74 Å². The van der Waals surface area contributed by atoms with Gasteiger partial charge in [-0.1, -0.05) is 13.8 Å². The number of thiophene rings is 1. The highest BCUT2D eigenvalue weighted by molar-refractivity contribution is 7.10. The topological polar surface area (TPSA) is 24.5 Å².